The minimum atomic E-state index is -0.651. The van der Waals surface area contributed by atoms with Crippen molar-refractivity contribution in [3.63, 3.8) is 0 Å². The molecule has 1 aromatic rings. The van der Waals surface area contributed by atoms with Crippen LogP contribution in [0.2, 0.25) is 0 Å². The van der Waals surface area contributed by atoms with E-state index in [4.69, 9.17) is 0 Å². The van der Waals surface area contributed by atoms with Crippen molar-refractivity contribution in [1.82, 2.24) is 0 Å². The number of halogens is 1. The lowest BCUT2D eigenvalue weighted by Gasteiger charge is -2.28. The summed E-state index contributed by atoms with van der Waals surface area (Å²) in [4.78, 5) is 0. The molecule has 1 aliphatic carbocycles. The first-order chi connectivity index (χ1) is 8.39. The van der Waals surface area contributed by atoms with Crippen LogP contribution in [-0.4, -0.2) is 10.7 Å². The predicted molar refractivity (Wildman–Crippen MR) is 71.9 cm³/mol. The van der Waals surface area contributed by atoms with E-state index in [1.807, 2.05) is 6.07 Å². The molecule has 0 radical (unpaired) electrons. The van der Waals surface area contributed by atoms with Crippen LogP contribution >= 0.6 is 0 Å². The second-order valence-corrected chi connectivity index (χ2v) is 6.55. The van der Waals surface area contributed by atoms with Crippen molar-refractivity contribution in [3.05, 3.63) is 35.6 Å². The van der Waals surface area contributed by atoms with E-state index in [1.165, 1.54) is 18.6 Å². The minimum absolute atomic E-state index is 0.218. The fraction of sp³-hybridized carbons (Fsp3) is 0.625. The van der Waals surface area contributed by atoms with E-state index in [-0.39, 0.29) is 5.82 Å². The Morgan fingerprint density at radius 1 is 1.17 bits per heavy atom. The van der Waals surface area contributed by atoms with Crippen molar-refractivity contribution in [2.24, 2.45) is 5.41 Å². The van der Waals surface area contributed by atoms with Gasteiger partial charge in [0.25, 0.3) is 0 Å². The molecule has 0 aromatic heterocycles. The van der Waals surface area contributed by atoms with Gasteiger partial charge in [-0.3, -0.25) is 0 Å². The van der Waals surface area contributed by atoms with Gasteiger partial charge in [-0.1, -0.05) is 32.4 Å². The number of hydrogen-bond acceptors (Lipinski definition) is 1. The Bertz CT molecular complexity index is 413. The van der Waals surface area contributed by atoms with Gasteiger partial charge in [0.05, 0.1) is 5.60 Å². The zero-order valence-electron chi connectivity index (χ0n) is 11.4. The van der Waals surface area contributed by atoms with Crippen LogP contribution in [0.15, 0.2) is 24.3 Å². The van der Waals surface area contributed by atoms with E-state index in [9.17, 15) is 9.50 Å². The molecule has 1 saturated carbocycles. The summed E-state index contributed by atoms with van der Waals surface area (Å²) in [6, 6.07) is 6.60. The molecule has 0 saturated heterocycles. The minimum Gasteiger partial charge on any atom is -0.390 e. The van der Waals surface area contributed by atoms with Crippen molar-refractivity contribution in [1.29, 1.82) is 0 Å². The third kappa shape index (κ3) is 3.55. The molecule has 2 rings (SSSR count). The molecule has 1 unspecified atom stereocenters. The number of hydrogen-bond donors (Lipinski definition) is 1. The van der Waals surface area contributed by atoms with E-state index in [0.717, 1.165) is 31.2 Å². The summed E-state index contributed by atoms with van der Waals surface area (Å²) in [5, 5.41) is 10.7. The molecule has 2 heteroatoms. The lowest BCUT2D eigenvalue weighted by molar-refractivity contribution is 0.0225. The molecule has 0 spiro atoms. The highest BCUT2D eigenvalue weighted by atomic mass is 19.1. The van der Waals surface area contributed by atoms with Gasteiger partial charge in [0.15, 0.2) is 0 Å². The lowest BCUT2D eigenvalue weighted by Crippen LogP contribution is -2.31. The molecule has 0 aliphatic heterocycles. The summed E-state index contributed by atoms with van der Waals surface area (Å²) in [5.74, 6) is -0.218. The maximum Gasteiger partial charge on any atom is 0.123 e. The van der Waals surface area contributed by atoms with Crippen LogP contribution < -0.4 is 0 Å². The Morgan fingerprint density at radius 2 is 1.94 bits per heavy atom. The molecule has 0 heterocycles. The Kier molecular flexibility index (Phi) is 3.76. The molecule has 1 N–H and O–H groups in total. The van der Waals surface area contributed by atoms with Crippen LogP contribution in [-0.2, 0) is 6.42 Å². The molecule has 1 aliphatic rings. The van der Waals surface area contributed by atoms with Gasteiger partial charge in [-0.25, -0.2) is 4.39 Å². The molecule has 0 amide bonds. The maximum absolute atomic E-state index is 13.2. The highest BCUT2D eigenvalue weighted by Crippen LogP contribution is 2.39. The van der Waals surface area contributed by atoms with Gasteiger partial charge in [-0.15, -0.1) is 0 Å². The Hall–Kier alpha value is -0.890. The van der Waals surface area contributed by atoms with E-state index in [2.05, 4.69) is 13.8 Å². The molecule has 1 fully saturated rings. The van der Waals surface area contributed by atoms with E-state index < -0.39 is 5.60 Å². The SMILES string of the molecule is CC1(C)CCCC(O)(Cc2cccc(F)c2)CC1. The summed E-state index contributed by atoms with van der Waals surface area (Å²) < 4.78 is 13.2. The molecular weight excluding hydrogens is 227 g/mol. The van der Waals surface area contributed by atoms with Gasteiger partial charge < -0.3 is 5.11 Å². The quantitative estimate of drug-likeness (QED) is 0.784. The molecule has 18 heavy (non-hydrogen) atoms. The van der Waals surface area contributed by atoms with Crippen molar-refractivity contribution < 1.29 is 9.50 Å². The largest absolute Gasteiger partial charge is 0.390 e. The van der Waals surface area contributed by atoms with Crippen molar-refractivity contribution in [2.75, 3.05) is 0 Å². The summed E-state index contributed by atoms with van der Waals surface area (Å²) >= 11 is 0. The highest BCUT2D eigenvalue weighted by Gasteiger charge is 2.33. The molecule has 100 valence electrons. The van der Waals surface area contributed by atoms with E-state index in [1.54, 1.807) is 6.07 Å². The van der Waals surface area contributed by atoms with Crippen molar-refractivity contribution >= 4 is 0 Å². The Balaban J connectivity index is 2.07. The summed E-state index contributed by atoms with van der Waals surface area (Å²) in [6.45, 7) is 4.53. The maximum atomic E-state index is 13.2. The first-order valence-electron chi connectivity index (χ1n) is 6.86. The second kappa shape index (κ2) is 5.00. The average Bonchev–Trinajstić information content (AvgIpc) is 2.38. The van der Waals surface area contributed by atoms with E-state index in [0.29, 0.717) is 11.8 Å². The van der Waals surface area contributed by atoms with Crippen LogP contribution in [0.5, 0.6) is 0 Å². The first kappa shape index (κ1) is 13.5. The highest BCUT2D eigenvalue weighted by molar-refractivity contribution is 5.18. The van der Waals surface area contributed by atoms with Gasteiger partial charge in [-0.05, 0) is 48.8 Å². The molecule has 1 nitrogen and oxygen atoms in total. The average molecular weight is 250 g/mol. The zero-order valence-corrected chi connectivity index (χ0v) is 11.4. The van der Waals surface area contributed by atoms with Crippen LogP contribution in [0.4, 0.5) is 4.39 Å². The number of rotatable bonds is 2. The number of benzene rings is 1. The third-order valence-electron chi connectivity index (χ3n) is 4.19. The van der Waals surface area contributed by atoms with Gasteiger partial charge in [-0.2, -0.15) is 0 Å². The first-order valence-corrected chi connectivity index (χ1v) is 6.86. The van der Waals surface area contributed by atoms with Gasteiger partial charge >= 0.3 is 0 Å². The predicted octanol–water partition coefficient (Wildman–Crippen LogP) is 4.09. The molecule has 0 bridgehead atoms. The lowest BCUT2D eigenvalue weighted by atomic mass is 9.83. The standard InChI is InChI=1S/C16H23FO/c1-15(2)7-4-8-16(18,10-9-15)12-13-5-3-6-14(17)11-13/h3,5-6,11,18H,4,7-10,12H2,1-2H3. The summed E-state index contributed by atoms with van der Waals surface area (Å²) in [7, 11) is 0. The molecule has 1 aromatic carbocycles. The van der Waals surface area contributed by atoms with Gasteiger partial charge in [0.1, 0.15) is 5.82 Å². The Labute approximate surface area is 109 Å². The summed E-state index contributed by atoms with van der Waals surface area (Å²) in [6.07, 6.45) is 5.47. The van der Waals surface area contributed by atoms with Crippen LogP contribution in [0.25, 0.3) is 0 Å². The van der Waals surface area contributed by atoms with Gasteiger partial charge in [0.2, 0.25) is 0 Å². The van der Waals surface area contributed by atoms with Crippen molar-refractivity contribution in [2.45, 2.75) is 58.0 Å². The molecule has 1 atom stereocenters. The van der Waals surface area contributed by atoms with E-state index >= 15 is 0 Å². The fourth-order valence-corrected chi connectivity index (χ4v) is 2.92. The second-order valence-electron chi connectivity index (χ2n) is 6.55. The van der Waals surface area contributed by atoms with Crippen LogP contribution in [0, 0.1) is 11.2 Å². The topological polar surface area (TPSA) is 20.2 Å². The zero-order chi connectivity index (χ0) is 13.2. The monoisotopic (exact) mass is 250 g/mol. The summed E-state index contributed by atoms with van der Waals surface area (Å²) in [5.41, 5.74) is 0.575. The normalized spacial score (nSPS) is 27.8. The van der Waals surface area contributed by atoms with Gasteiger partial charge in [0, 0.05) is 6.42 Å². The third-order valence-corrected chi connectivity index (χ3v) is 4.19. The molecular formula is C16H23FO. The number of aliphatic hydroxyl groups is 1. The van der Waals surface area contributed by atoms with Crippen molar-refractivity contribution in [3.8, 4) is 0 Å². The van der Waals surface area contributed by atoms with Crippen LogP contribution in [0.1, 0.15) is 51.5 Å². The smallest absolute Gasteiger partial charge is 0.123 e. The fourth-order valence-electron chi connectivity index (χ4n) is 2.92. The Morgan fingerprint density at radius 3 is 2.67 bits per heavy atom. The van der Waals surface area contributed by atoms with Crippen LogP contribution in [0.3, 0.4) is 0 Å².